The van der Waals surface area contributed by atoms with E-state index in [9.17, 15) is 0 Å². The SMILES string of the molecule is CC(C)(CN(CCS)CCNCCS)c1ccc(Cl)cc1. The Labute approximate surface area is 145 Å². The third-order valence-corrected chi connectivity index (χ3v) is 4.23. The minimum absolute atomic E-state index is 0.0943. The van der Waals surface area contributed by atoms with Gasteiger partial charge in [-0.1, -0.05) is 37.6 Å². The maximum Gasteiger partial charge on any atom is 0.0406 e. The molecule has 1 rings (SSSR count). The number of benzene rings is 1. The standard InChI is InChI=1S/C16H27ClN2S2/c1-16(2,14-3-5-15(17)6-4-14)13-19(10-12-21)9-7-18-8-11-20/h3-6,18,20-21H,7-13H2,1-2H3. The lowest BCUT2D eigenvalue weighted by molar-refractivity contribution is 0.236. The smallest absolute Gasteiger partial charge is 0.0406 e. The monoisotopic (exact) mass is 346 g/mol. The molecule has 0 aliphatic heterocycles. The molecule has 1 N–H and O–H groups in total. The molecular weight excluding hydrogens is 320 g/mol. The fourth-order valence-corrected chi connectivity index (χ4v) is 2.97. The third kappa shape index (κ3) is 7.29. The molecule has 0 heterocycles. The molecule has 0 aliphatic rings. The number of hydrogen-bond acceptors (Lipinski definition) is 4. The zero-order valence-corrected chi connectivity index (χ0v) is 15.5. The van der Waals surface area contributed by atoms with Crippen LogP contribution in [-0.4, -0.2) is 49.1 Å². The molecule has 0 aromatic heterocycles. The molecule has 0 radical (unpaired) electrons. The molecule has 0 unspecified atom stereocenters. The number of rotatable bonds is 10. The highest BCUT2D eigenvalue weighted by atomic mass is 35.5. The van der Waals surface area contributed by atoms with Crippen LogP contribution in [0.5, 0.6) is 0 Å². The Kier molecular flexibility index (Phi) is 9.14. The first kappa shape index (κ1) is 19.2. The molecule has 0 fully saturated rings. The Morgan fingerprint density at radius 3 is 2.29 bits per heavy atom. The number of halogens is 1. The van der Waals surface area contributed by atoms with Crippen LogP contribution in [0.4, 0.5) is 0 Å². The number of thiol groups is 2. The van der Waals surface area contributed by atoms with Gasteiger partial charge in [0.05, 0.1) is 0 Å². The van der Waals surface area contributed by atoms with Gasteiger partial charge in [0.2, 0.25) is 0 Å². The average Bonchev–Trinajstić information content (AvgIpc) is 2.44. The van der Waals surface area contributed by atoms with Gasteiger partial charge in [-0.3, -0.25) is 0 Å². The van der Waals surface area contributed by atoms with Gasteiger partial charge in [-0.15, -0.1) is 0 Å². The van der Waals surface area contributed by atoms with E-state index in [1.165, 1.54) is 5.56 Å². The quantitative estimate of drug-likeness (QED) is 0.444. The summed E-state index contributed by atoms with van der Waals surface area (Å²) in [5.74, 6) is 1.76. The molecule has 120 valence electrons. The van der Waals surface area contributed by atoms with Crippen molar-refractivity contribution in [3.05, 3.63) is 34.9 Å². The molecule has 0 atom stereocenters. The van der Waals surface area contributed by atoms with Crippen molar-refractivity contribution in [2.24, 2.45) is 0 Å². The minimum atomic E-state index is 0.0943. The summed E-state index contributed by atoms with van der Waals surface area (Å²) in [6, 6.07) is 8.19. The van der Waals surface area contributed by atoms with E-state index in [0.717, 1.165) is 49.3 Å². The second kappa shape index (κ2) is 10.0. The first-order chi connectivity index (χ1) is 9.99. The van der Waals surface area contributed by atoms with Crippen molar-refractivity contribution in [2.75, 3.05) is 44.2 Å². The first-order valence-electron chi connectivity index (χ1n) is 7.40. The largest absolute Gasteiger partial charge is 0.315 e. The van der Waals surface area contributed by atoms with Crippen molar-refractivity contribution in [2.45, 2.75) is 19.3 Å². The van der Waals surface area contributed by atoms with E-state index in [4.69, 9.17) is 11.6 Å². The van der Waals surface area contributed by atoms with E-state index in [-0.39, 0.29) is 5.41 Å². The topological polar surface area (TPSA) is 15.3 Å². The summed E-state index contributed by atoms with van der Waals surface area (Å²) in [4.78, 5) is 2.47. The van der Waals surface area contributed by atoms with E-state index in [1.54, 1.807) is 0 Å². The molecule has 0 spiro atoms. The van der Waals surface area contributed by atoms with E-state index in [2.05, 4.69) is 61.5 Å². The van der Waals surface area contributed by atoms with Crippen LogP contribution in [-0.2, 0) is 5.41 Å². The second-order valence-electron chi connectivity index (χ2n) is 5.86. The summed E-state index contributed by atoms with van der Waals surface area (Å²) in [6.07, 6.45) is 0. The Morgan fingerprint density at radius 2 is 1.71 bits per heavy atom. The highest BCUT2D eigenvalue weighted by Gasteiger charge is 2.23. The van der Waals surface area contributed by atoms with Gasteiger partial charge in [-0.2, -0.15) is 25.3 Å². The molecule has 0 amide bonds. The zero-order chi connectivity index (χ0) is 15.7. The van der Waals surface area contributed by atoms with Crippen LogP contribution in [0.2, 0.25) is 5.02 Å². The Balaban J connectivity index is 2.60. The van der Waals surface area contributed by atoms with Gasteiger partial charge in [0.15, 0.2) is 0 Å². The van der Waals surface area contributed by atoms with Gasteiger partial charge < -0.3 is 10.2 Å². The maximum absolute atomic E-state index is 5.98. The van der Waals surface area contributed by atoms with Gasteiger partial charge in [-0.25, -0.2) is 0 Å². The molecule has 1 aromatic carbocycles. The predicted molar refractivity (Wildman–Crippen MR) is 101 cm³/mol. The van der Waals surface area contributed by atoms with Gasteiger partial charge >= 0.3 is 0 Å². The second-order valence-corrected chi connectivity index (χ2v) is 7.20. The summed E-state index contributed by atoms with van der Waals surface area (Å²) in [7, 11) is 0. The third-order valence-electron chi connectivity index (χ3n) is 3.55. The summed E-state index contributed by atoms with van der Waals surface area (Å²) >= 11 is 14.6. The lowest BCUT2D eigenvalue weighted by atomic mass is 9.84. The van der Waals surface area contributed by atoms with Crippen molar-refractivity contribution < 1.29 is 0 Å². The predicted octanol–water partition coefficient (Wildman–Crippen LogP) is 3.37. The van der Waals surface area contributed by atoms with E-state index in [1.807, 2.05) is 12.1 Å². The van der Waals surface area contributed by atoms with Crippen molar-refractivity contribution in [3.63, 3.8) is 0 Å². The van der Waals surface area contributed by atoms with Crippen molar-refractivity contribution in [1.29, 1.82) is 0 Å². The summed E-state index contributed by atoms with van der Waals surface area (Å²) < 4.78 is 0. The molecule has 0 saturated carbocycles. The van der Waals surface area contributed by atoms with E-state index < -0.39 is 0 Å². The van der Waals surface area contributed by atoms with Crippen molar-refractivity contribution in [3.8, 4) is 0 Å². The molecule has 0 aliphatic carbocycles. The Bertz CT molecular complexity index is 396. The molecular formula is C16H27ClN2S2. The van der Waals surface area contributed by atoms with Crippen LogP contribution in [0.3, 0.4) is 0 Å². The summed E-state index contributed by atoms with van der Waals surface area (Å²) in [5, 5.41) is 4.19. The molecule has 0 bridgehead atoms. The van der Waals surface area contributed by atoms with Crippen LogP contribution in [0.1, 0.15) is 19.4 Å². The van der Waals surface area contributed by atoms with Crippen LogP contribution in [0.15, 0.2) is 24.3 Å². The fraction of sp³-hybridized carbons (Fsp3) is 0.625. The van der Waals surface area contributed by atoms with Crippen LogP contribution in [0.25, 0.3) is 0 Å². The van der Waals surface area contributed by atoms with Crippen molar-refractivity contribution >= 4 is 36.9 Å². The van der Waals surface area contributed by atoms with Gasteiger partial charge in [-0.05, 0) is 17.7 Å². The maximum atomic E-state index is 5.98. The zero-order valence-electron chi connectivity index (χ0n) is 13.0. The molecule has 5 heteroatoms. The number of hydrogen-bond donors (Lipinski definition) is 3. The summed E-state index contributed by atoms with van der Waals surface area (Å²) in [6.45, 7) is 9.56. The number of nitrogens with one attached hydrogen (secondary N) is 1. The van der Waals surface area contributed by atoms with Crippen LogP contribution >= 0.6 is 36.9 Å². The number of nitrogens with zero attached hydrogens (tertiary/aromatic N) is 1. The van der Waals surface area contributed by atoms with E-state index >= 15 is 0 Å². The highest BCUT2D eigenvalue weighted by Crippen LogP contribution is 2.25. The average molecular weight is 347 g/mol. The lowest BCUT2D eigenvalue weighted by Gasteiger charge is -2.33. The molecule has 1 aromatic rings. The van der Waals surface area contributed by atoms with Gasteiger partial charge in [0, 0.05) is 54.7 Å². The van der Waals surface area contributed by atoms with Crippen molar-refractivity contribution in [1.82, 2.24) is 10.2 Å². The van der Waals surface area contributed by atoms with Crippen LogP contribution in [0, 0.1) is 0 Å². The summed E-state index contributed by atoms with van der Waals surface area (Å²) in [5.41, 5.74) is 1.41. The molecule has 2 nitrogen and oxygen atoms in total. The Morgan fingerprint density at radius 1 is 1.05 bits per heavy atom. The van der Waals surface area contributed by atoms with Gasteiger partial charge in [0.25, 0.3) is 0 Å². The first-order valence-corrected chi connectivity index (χ1v) is 9.05. The fourth-order valence-electron chi connectivity index (χ4n) is 2.40. The highest BCUT2D eigenvalue weighted by molar-refractivity contribution is 7.80. The van der Waals surface area contributed by atoms with Gasteiger partial charge in [0.1, 0.15) is 0 Å². The minimum Gasteiger partial charge on any atom is -0.315 e. The van der Waals surface area contributed by atoms with Crippen LogP contribution < -0.4 is 5.32 Å². The molecule has 21 heavy (non-hydrogen) atoms. The lowest BCUT2D eigenvalue weighted by Crippen LogP contribution is -2.41. The Hall–Kier alpha value is 0.130. The van der Waals surface area contributed by atoms with E-state index in [0.29, 0.717) is 0 Å². The normalized spacial score (nSPS) is 12.1. The molecule has 0 saturated heterocycles.